The van der Waals surface area contributed by atoms with Gasteiger partial charge in [0.2, 0.25) is 11.8 Å². The maximum absolute atomic E-state index is 11.7. The maximum atomic E-state index is 11.7. The normalized spacial score (nSPS) is 25.4. The highest BCUT2D eigenvalue weighted by Gasteiger charge is 2.30. The number of carbonyl (C=O) groups excluding carboxylic acids is 2. The molecule has 3 N–H and O–H groups in total. The molecule has 1 aliphatic carbocycles. The number of nitrogens with zero attached hydrogens (tertiary/aromatic N) is 1. The first-order chi connectivity index (χ1) is 8.20. The minimum absolute atomic E-state index is 0.0308. The summed E-state index contributed by atoms with van der Waals surface area (Å²) in [5, 5.41) is 8.76. The summed E-state index contributed by atoms with van der Waals surface area (Å²) in [6, 6.07) is 0.141. The molecule has 2 fully saturated rings. The lowest BCUT2D eigenvalue weighted by atomic mass is 10.1. The number of likely N-dealkylation sites (N-methyl/N-ethyl adjacent to an activating group) is 1. The Morgan fingerprint density at radius 3 is 2.82 bits per heavy atom. The number of amides is 2. The largest absolute Gasteiger partial charge is 0.358 e. The van der Waals surface area contributed by atoms with Crippen molar-refractivity contribution in [1.82, 2.24) is 20.9 Å². The molecule has 0 aromatic heterocycles. The predicted octanol–water partition coefficient (Wildman–Crippen LogP) is -1.72. The topological polar surface area (TPSA) is 73.5 Å². The molecule has 1 unspecified atom stereocenters. The summed E-state index contributed by atoms with van der Waals surface area (Å²) in [6.45, 7) is 2.48. The molecule has 0 bridgehead atoms. The van der Waals surface area contributed by atoms with E-state index in [9.17, 15) is 9.59 Å². The Hall–Kier alpha value is -1.14. The number of hydrogen-bond acceptors (Lipinski definition) is 4. The van der Waals surface area contributed by atoms with Crippen LogP contribution in [0.25, 0.3) is 0 Å². The Morgan fingerprint density at radius 1 is 1.41 bits per heavy atom. The van der Waals surface area contributed by atoms with Crippen molar-refractivity contribution in [2.45, 2.75) is 24.9 Å². The molecule has 2 rings (SSSR count). The summed E-state index contributed by atoms with van der Waals surface area (Å²) < 4.78 is 0. The molecule has 1 atom stereocenters. The summed E-state index contributed by atoms with van der Waals surface area (Å²) in [5.74, 6) is -0.000255. The Labute approximate surface area is 101 Å². The third-order valence-electron chi connectivity index (χ3n) is 3.19. The van der Waals surface area contributed by atoms with Crippen LogP contribution in [0.5, 0.6) is 0 Å². The van der Waals surface area contributed by atoms with Crippen LogP contribution >= 0.6 is 0 Å². The fourth-order valence-corrected chi connectivity index (χ4v) is 2.05. The standard InChI is InChI=1S/C11H20N4O2/c1-12-11(17)9-6-13-4-5-15(9)7-10(16)14-8-2-3-8/h8-9,13H,2-7H2,1H3,(H,12,17)(H,14,16). The highest BCUT2D eigenvalue weighted by Crippen LogP contribution is 2.18. The van der Waals surface area contributed by atoms with Gasteiger partial charge in [0.05, 0.1) is 6.54 Å². The van der Waals surface area contributed by atoms with Crippen LogP contribution in [0.4, 0.5) is 0 Å². The molecule has 0 aromatic rings. The van der Waals surface area contributed by atoms with Gasteiger partial charge in [-0.15, -0.1) is 0 Å². The van der Waals surface area contributed by atoms with Crippen molar-refractivity contribution in [2.24, 2.45) is 0 Å². The average molecular weight is 240 g/mol. The van der Waals surface area contributed by atoms with Crippen molar-refractivity contribution in [3.05, 3.63) is 0 Å². The minimum atomic E-state index is -0.237. The summed E-state index contributed by atoms with van der Waals surface area (Å²) >= 11 is 0. The summed E-state index contributed by atoms with van der Waals surface area (Å²) in [6.07, 6.45) is 2.18. The van der Waals surface area contributed by atoms with E-state index in [1.165, 1.54) is 0 Å². The predicted molar refractivity (Wildman–Crippen MR) is 63.5 cm³/mol. The first-order valence-corrected chi connectivity index (χ1v) is 6.16. The van der Waals surface area contributed by atoms with Gasteiger partial charge in [-0.2, -0.15) is 0 Å². The lowest BCUT2D eigenvalue weighted by Gasteiger charge is -2.34. The van der Waals surface area contributed by atoms with E-state index in [0.29, 0.717) is 19.1 Å². The first kappa shape index (κ1) is 12.3. The van der Waals surface area contributed by atoms with Gasteiger partial charge in [0.1, 0.15) is 6.04 Å². The van der Waals surface area contributed by atoms with Gasteiger partial charge in [0.15, 0.2) is 0 Å². The van der Waals surface area contributed by atoms with Crippen LogP contribution < -0.4 is 16.0 Å². The van der Waals surface area contributed by atoms with Crippen LogP contribution in [0.15, 0.2) is 0 Å². The molecule has 1 heterocycles. The highest BCUT2D eigenvalue weighted by molar-refractivity contribution is 5.84. The van der Waals surface area contributed by atoms with E-state index in [-0.39, 0.29) is 17.9 Å². The van der Waals surface area contributed by atoms with Gasteiger partial charge in [-0.25, -0.2) is 0 Å². The van der Waals surface area contributed by atoms with Gasteiger partial charge in [-0.3, -0.25) is 14.5 Å². The lowest BCUT2D eigenvalue weighted by molar-refractivity contribution is -0.129. The monoisotopic (exact) mass is 240 g/mol. The van der Waals surface area contributed by atoms with Gasteiger partial charge in [-0.05, 0) is 12.8 Å². The molecule has 1 aliphatic heterocycles. The second kappa shape index (κ2) is 5.46. The number of nitrogens with one attached hydrogen (secondary N) is 3. The molecule has 2 amide bonds. The Morgan fingerprint density at radius 2 is 2.18 bits per heavy atom. The minimum Gasteiger partial charge on any atom is -0.358 e. The van der Waals surface area contributed by atoms with E-state index >= 15 is 0 Å². The van der Waals surface area contributed by atoms with Gasteiger partial charge >= 0.3 is 0 Å². The lowest BCUT2D eigenvalue weighted by Crippen LogP contribution is -2.59. The molecule has 17 heavy (non-hydrogen) atoms. The number of piperazine rings is 1. The second-order valence-corrected chi connectivity index (χ2v) is 4.65. The van der Waals surface area contributed by atoms with Crippen LogP contribution in [0.1, 0.15) is 12.8 Å². The van der Waals surface area contributed by atoms with Crippen molar-refractivity contribution in [3.8, 4) is 0 Å². The zero-order chi connectivity index (χ0) is 12.3. The van der Waals surface area contributed by atoms with E-state index in [1.54, 1.807) is 7.05 Å². The van der Waals surface area contributed by atoms with Crippen LogP contribution in [0.2, 0.25) is 0 Å². The van der Waals surface area contributed by atoms with Gasteiger partial charge < -0.3 is 16.0 Å². The van der Waals surface area contributed by atoms with E-state index < -0.39 is 0 Å². The van der Waals surface area contributed by atoms with Gasteiger partial charge in [-0.1, -0.05) is 0 Å². The summed E-state index contributed by atoms with van der Waals surface area (Å²) in [5.41, 5.74) is 0. The molecular formula is C11H20N4O2. The molecule has 6 heteroatoms. The molecule has 6 nitrogen and oxygen atoms in total. The molecular weight excluding hydrogens is 220 g/mol. The van der Waals surface area contributed by atoms with Crippen molar-refractivity contribution in [3.63, 3.8) is 0 Å². The van der Waals surface area contributed by atoms with E-state index in [2.05, 4.69) is 16.0 Å². The Bertz CT molecular complexity index is 304. The van der Waals surface area contributed by atoms with Crippen LogP contribution in [-0.2, 0) is 9.59 Å². The smallest absolute Gasteiger partial charge is 0.238 e. The molecule has 1 saturated heterocycles. The number of rotatable bonds is 4. The highest BCUT2D eigenvalue weighted by atomic mass is 16.2. The molecule has 1 saturated carbocycles. The summed E-state index contributed by atoms with van der Waals surface area (Å²) in [7, 11) is 1.62. The molecule has 0 aromatic carbocycles. The van der Waals surface area contributed by atoms with Crippen LogP contribution in [0.3, 0.4) is 0 Å². The molecule has 96 valence electrons. The Kier molecular flexibility index (Phi) is 3.96. The quantitative estimate of drug-likeness (QED) is 0.547. The van der Waals surface area contributed by atoms with E-state index in [4.69, 9.17) is 0 Å². The molecule has 0 spiro atoms. The zero-order valence-electron chi connectivity index (χ0n) is 10.2. The van der Waals surface area contributed by atoms with E-state index in [0.717, 1.165) is 25.9 Å². The Balaban J connectivity index is 1.86. The zero-order valence-corrected chi connectivity index (χ0v) is 10.2. The average Bonchev–Trinajstić information content (AvgIpc) is 3.12. The SMILES string of the molecule is CNC(=O)C1CNCCN1CC(=O)NC1CC1. The third-order valence-corrected chi connectivity index (χ3v) is 3.19. The third kappa shape index (κ3) is 3.41. The molecule has 0 radical (unpaired) electrons. The molecule has 2 aliphatic rings. The van der Waals surface area contributed by atoms with Crippen molar-refractivity contribution >= 4 is 11.8 Å². The second-order valence-electron chi connectivity index (χ2n) is 4.65. The van der Waals surface area contributed by atoms with E-state index in [1.807, 2.05) is 4.90 Å². The van der Waals surface area contributed by atoms with Gasteiger partial charge in [0, 0.05) is 32.7 Å². The maximum Gasteiger partial charge on any atom is 0.238 e. The van der Waals surface area contributed by atoms with Crippen LogP contribution in [0, 0.1) is 0 Å². The summed E-state index contributed by atoms with van der Waals surface area (Å²) in [4.78, 5) is 25.3. The first-order valence-electron chi connectivity index (χ1n) is 6.16. The van der Waals surface area contributed by atoms with Crippen molar-refractivity contribution in [1.29, 1.82) is 0 Å². The number of hydrogen-bond donors (Lipinski definition) is 3. The van der Waals surface area contributed by atoms with Crippen molar-refractivity contribution in [2.75, 3.05) is 33.2 Å². The fraction of sp³-hybridized carbons (Fsp3) is 0.818. The van der Waals surface area contributed by atoms with Crippen molar-refractivity contribution < 1.29 is 9.59 Å². The number of carbonyl (C=O) groups is 2. The van der Waals surface area contributed by atoms with Crippen LogP contribution in [-0.4, -0.2) is 62.0 Å². The fourth-order valence-electron chi connectivity index (χ4n) is 2.05. The van der Waals surface area contributed by atoms with Gasteiger partial charge in [0.25, 0.3) is 0 Å².